The number of phenolic OH excluding ortho intramolecular Hbond substituents is 1. The Bertz CT molecular complexity index is 680. The first kappa shape index (κ1) is 13.8. The summed E-state index contributed by atoms with van der Waals surface area (Å²) in [7, 11) is -3.45. The maximum atomic E-state index is 12.1. The van der Waals surface area contributed by atoms with Crippen LogP contribution in [0.1, 0.15) is 19.8 Å². The minimum absolute atomic E-state index is 0.171. The largest absolute Gasteiger partial charge is 0.508 e. The molecule has 5 heteroatoms. The smallest absolute Gasteiger partial charge is 0.240 e. The molecule has 0 bridgehead atoms. The van der Waals surface area contributed by atoms with E-state index in [0.29, 0.717) is 6.54 Å². The lowest BCUT2D eigenvalue weighted by Gasteiger charge is -2.07. The van der Waals surface area contributed by atoms with Crippen molar-refractivity contribution < 1.29 is 13.5 Å². The fourth-order valence-electron chi connectivity index (χ4n) is 1.85. The van der Waals surface area contributed by atoms with Crippen LogP contribution in [0.5, 0.6) is 5.75 Å². The van der Waals surface area contributed by atoms with Crippen LogP contribution >= 0.6 is 0 Å². The van der Waals surface area contributed by atoms with Gasteiger partial charge in [0.2, 0.25) is 10.0 Å². The third-order valence-electron chi connectivity index (χ3n) is 2.93. The number of unbranched alkanes of at least 4 members (excludes halogenated alkanes) is 1. The predicted molar refractivity (Wildman–Crippen MR) is 75.7 cm³/mol. The van der Waals surface area contributed by atoms with Crippen molar-refractivity contribution in [3.63, 3.8) is 0 Å². The molecule has 19 heavy (non-hydrogen) atoms. The molecule has 0 saturated heterocycles. The maximum absolute atomic E-state index is 12.1. The third kappa shape index (κ3) is 3.24. The van der Waals surface area contributed by atoms with E-state index in [2.05, 4.69) is 4.72 Å². The van der Waals surface area contributed by atoms with E-state index >= 15 is 0 Å². The third-order valence-corrected chi connectivity index (χ3v) is 4.39. The molecule has 2 aromatic carbocycles. The Labute approximate surface area is 113 Å². The van der Waals surface area contributed by atoms with Crippen LogP contribution in [0.15, 0.2) is 41.3 Å². The number of phenols is 1. The van der Waals surface area contributed by atoms with Crippen LogP contribution in [0.25, 0.3) is 10.8 Å². The molecule has 0 radical (unpaired) electrons. The second kappa shape index (κ2) is 5.59. The molecule has 0 heterocycles. The van der Waals surface area contributed by atoms with Gasteiger partial charge in [-0.2, -0.15) is 0 Å². The average molecular weight is 279 g/mol. The zero-order valence-corrected chi connectivity index (χ0v) is 11.6. The van der Waals surface area contributed by atoms with E-state index in [0.717, 1.165) is 23.6 Å². The van der Waals surface area contributed by atoms with Crippen molar-refractivity contribution in [2.75, 3.05) is 6.54 Å². The molecule has 0 aromatic heterocycles. The Hall–Kier alpha value is -1.59. The minimum atomic E-state index is -3.45. The van der Waals surface area contributed by atoms with Gasteiger partial charge in [-0.05, 0) is 41.5 Å². The van der Waals surface area contributed by atoms with Gasteiger partial charge in [-0.3, -0.25) is 0 Å². The summed E-state index contributed by atoms with van der Waals surface area (Å²) in [4.78, 5) is 0.252. The molecule has 0 aliphatic heterocycles. The van der Waals surface area contributed by atoms with E-state index in [1.54, 1.807) is 36.4 Å². The van der Waals surface area contributed by atoms with Gasteiger partial charge in [-0.25, -0.2) is 13.1 Å². The summed E-state index contributed by atoms with van der Waals surface area (Å²) in [6.45, 7) is 2.46. The van der Waals surface area contributed by atoms with Crippen LogP contribution in [-0.4, -0.2) is 20.1 Å². The molecule has 0 atom stereocenters. The second-order valence-electron chi connectivity index (χ2n) is 4.44. The van der Waals surface area contributed by atoms with Crippen molar-refractivity contribution in [2.45, 2.75) is 24.7 Å². The average Bonchev–Trinajstić information content (AvgIpc) is 2.38. The molecule has 0 aliphatic carbocycles. The SMILES string of the molecule is CCCCNS(=O)(=O)c1ccc2cc(O)ccc2c1. The number of benzene rings is 2. The Morgan fingerprint density at radius 2 is 1.79 bits per heavy atom. The van der Waals surface area contributed by atoms with Crippen LogP contribution in [0.4, 0.5) is 0 Å². The van der Waals surface area contributed by atoms with Crippen molar-refractivity contribution in [2.24, 2.45) is 0 Å². The van der Waals surface area contributed by atoms with E-state index in [-0.39, 0.29) is 10.6 Å². The van der Waals surface area contributed by atoms with Gasteiger partial charge in [0.15, 0.2) is 0 Å². The monoisotopic (exact) mass is 279 g/mol. The van der Waals surface area contributed by atoms with Crippen LogP contribution in [0.3, 0.4) is 0 Å². The fraction of sp³-hybridized carbons (Fsp3) is 0.286. The Kier molecular flexibility index (Phi) is 4.07. The van der Waals surface area contributed by atoms with Gasteiger partial charge in [-0.15, -0.1) is 0 Å². The zero-order valence-electron chi connectivity index (χ0n) is 10.8. The van der Waals surface area contributed by atoms with Crippen LogP contribution in [0.2, 0.25) is 0 Å². The van der Waals surface area contributed by atoms with Gasteiger partial charge in [0.1, 0.15) is 5.75 Å². The van der Waals surface area contributed by atoms with Crippen molar-refractivity contribution in [3.8, 4) is 5.75 Å². The number of hydrogen-bond donors (Lipinski definition) is 2. The van der Waals surface area contributed by atoms with Gasteiger partial charge >= 0.3 is 0 Å². The summed E-state index contributed by atoms with van der Waals surface area (Å²) in [5.41, 5.74) is 0. The summed E-state index contributed by atoms with van der Waals surface area (Å²) in [6, 6.07) is 9.72. The first-order chi connectivity index (χ1) is 9.03. The molecule has 0 unspecified atom stereocenters. The highest BCUT2D eigenvalue weighted by molar-refractivity contribution is 7.89. The minimum Gasteiger partial charge on any atom is -0.508 e. The lowest BCUT2D eigenvalue weighted by molar-refractivity contribution is 0.476. The van der Waals surface area contributed by atoms with Gasteiger partial charge < -0.3 is 5.11 Å². The maximum Gasteiger partial charge on any atom is 0.240 e. The number of nitrogens with one attached hydrogen (secondary N) is 1. The number of hydrogen-bond acceptors (Lipinski definition) is 3. The van der Waals surface area contributed by atoms with Crippen molar-refractivity contribution in [1.82, 2.24) is 4.72 Å². The summed E-state index contributed by atoms with van der Waals surface area (Å²) < 4.78 is 26.7. The van der Waals surface area contributed by atoms with Crippen LogP contribution in [0, 0.1) is 0 Å². The number of aromatic hydroxyl groups is 1. The van der Waals surface area contributed by atoms with E-state index < -0.39 is 10.0 Å². The molecule has 2 rings (SSSR count). The Morgan fingerprint density at radius 1 is 1.11 bits per heavy atom. The molecule has 0 spiro atoms. The van der Waals surface area contributed by atoms with E-state index in [9.17, 15) is 13.5 Å². The summed E-state index contributed by atoms with van der Waals surface area (Å²) in [5, 5.41) is 11.0. The molecule has 2 aromatic rings. The first-order valence-corrected chi connectivity index (χ1v) is 7.74. The lowest BCUT2D eigenvalue weighted by Crippen LogP contribution is -2.24. The molecule has 4 nitrogen and oxygen atoms in total. The first-order valence-electron chi connectivity index (χ1n) is 6.25. The predicted octanol–water partition coefficient (Wildman–Crippen LogP) is 2.62. The van der Waals surface area contributed by atoms with Gasteiger partial charge in [0.05, 0.1) is 4.90 Å². The number of rotatable bonds is 5. The molecule has 0 saturated carbocycles. The second-order valence-corrected chi connectivity index (χ2v) is 6.21. The van der Waals surface area contributed by atoms with E-state index in [4.69, 9.17) is 0 Å². The zero-order chi connectivity index (χ0) is 13.9. The summed E-state index contributed by atoms with van der Waals surface area (Å²) in [6.07, 6.45) is 1.76. The number of sulfonamides is 1. The van der Waals surface area contributed by atoms with E-state index in [1.807, 2.05) is 6.92 Å². The van der Waals surface area contributed by atoms with Crippen molar-refractivity contribution >= 4 is 20.8 Å². The summed E-state index contributed by atoms with van der Waals surface area (Å²) >= 11 is 0. The van der Waals surface area contributed by atoms with Crippen molar-refractivity contribution in [3.05, 3.63) is 36.4 Å². The lowest BCUT2D eigenvalue weighted by atomic mass is 10.1. The highest BCUT2D eigenvalue weighted by atomic mass is 32.2. The molecular formula is C14H17NO3S. The molecule has 0 fully saturated rings. The van der Waals surface area contributed by atoms with E-state index in [1.165, 1.54) is 0 Å². The summed E-state index contributed by atoms with van der Waals surface area (Å²) in [5.74, 6) is 0.171. The molecule has 2 N–H and O–H groups in total. The quantitative estimate of drug-likeness (QED) is 0.827. The molecular weight excluding hydrogens is 262 g/mol. The highest BCUT2D eigenvalue weighted by Crippen LogP contribution is 2.22. The molecule has 0 amide bonds. The Balaban J connectivity index is 2.32. The fourth-order valence-corrected chi connectivity index (χ4v) is 2.95. The Morgan fingerprint density at radius 3 is 2.53 bits per heavy atom. The van der Waals surface area contributed by atoms with Gasteiger partial charge in [0.25, 0.3) is 0 Å². The van der Waals surface area contributed by atoms with Crippen LogP contribution in [-0.2, 0) is 10.0 Å². The normalized spacial score (nSPS) is 11.8. The topological polar surface area (TPSA) is 66.4 Å². The standard InChI is InChI=1S/C14H17NO3S/c1-2-3-8-15-19(17,18)14-7-5-11-9-13(16)6-4-12(11)10-14/h4-7,9-10,15-16H,2-3,8H2,1H3. The van der Waals surface area contributed by atoms with Gasteiger partial charge in [0, 0.05) is 6.54 Å². The van der Waals surface area contributed by atoms with Crippen LogP contribution < -0.4 is 4.72 Å². The highest BCUT2D eigenvalue weighted by Gasteiger charge is 2.13. The molecule has 0 aliphatic rings. The molecule has 102 valence electrons. The van der Waals surface area contributed by atoms with Crippen molar-refractivity contribution in [1.29, 1.82) is 0 Å². The number of fused-ring (bicyclic) bond motifs is 1. The van der Waals surface area contributed by atoms with Gasteiger partial charge in [-0.1, -0.05) is 25.5 Å².